The lowest BCUT2D eigenvalue weighted by molar-refractivity contribution is 0.661. The molecule has 7 nitrogen and oxygen atoms in total. The fraction of sp³-hybridized carbons (Fsp3) is 0.571. The van der Waals surface area contributed by atoms with Crippen molar-refractivity contribution in [1.29, 1.82) is 0 Å². The molecule has 0 fully saturated rings. The molecule has 1 N–H and O–H groups in total. The van der Waals surface area contributed by atoms with E-state index in [4.69, 9.17) is 12.2 Å². The molecule has 3 aromatic rings. The average molecular weight is 319 g/mol. The maximum absolute atomic E-state index is 5.28. The van der Waals surface area contributed by atoms with Crippen molar-refractivity contribution in [3.63, 3.8) is 0 Å². The number of nitrogens with zero attached hydrogens (tertiary/aromatic N) is 6. The van der Waals surface area contributed by atoms with E-state index in [1.54, 1.807) is 6.33 Å². The summed E-state index contributed by atoms with van der Waals surface area (Å²) in [5, 5.41) is 11.5. The summed E-state index contributed by atoms with van der Waals surface area (Å²) in [5.74, 6) is 1.72. The van der Waals surface area contributed by atoms with Gasteiger partial charge in [0.2, 0.25) is 10.5 Å². The van der Waals surface area contributed by atoms with E-state index in [-0.39, 0.29) is 0 Å². The zero-order chi connectivity index (χ0) is 15.5. The lowest BCUT2D eigenvalue weighted by Crippen LogP contribution is -2.28. The standard InChI is InChI=1S/C14H21N7S/c1-3-5-7-19(8-6-4-2)12-9-11-17-18-14(22)20(11)13-15-10-16-21(12)13/h9-10H,3-8H2,1-2H3,(H,18,22). The molecule has 3 heterocycles. The van der Waals surface area contributed by atoms with E-state index in [9.17, 15) is 0 Å². The van der Waals surface area contributed by atoms with Gasteiger partial charge < -0.3 is 4.90 Å². The average Bonchev–Trinajstić information content (AvgIpc) is 3.13. The zero-order valence-corrected chi connectivity index (χ0v) is 13.8. The van der Waals surface area contributed by atoms with Crippen LogP contribution in [0.4, 0.5) is 5.82 Å². The Morgan fingerprint density at radius 2 is 1.95 bits per heavy atom. The number of aromatic nitrogens is 6. The third-order valence-electron chi connectivity index (χ3n) is 3.79. The first-order chi connectivity index (χ1) is 10.8. The molecule has 0 spiro atoms. The maximum Gasteiger partial charge on any atom is 0.242 e. The molecule has 22 heavy (non-hydrogen) atoms. The van der Waals surface area contributed by atoms with E-state index >= 15 is 0 Å². The van der Waals surface area contributed by atoms with Gasteiger partial charge >= 0.3 is 0 Å². The number of H-pyrrole nitrogens is 1. The Labute approximate surface area is 134 Å². The van der Waals surface area contributed by atoms with Crippen LogP contribution >= 0.6 is 12.2 Å². The minimum absolute atomic E-state index is 0.535. The topological polar surface area (TPSA) is 66.5 Å². The molecule has 0 aliphatic heterocycles. The molecule has 0 radical (unpaired) electrons. The highest BCUT2D eigenvalue weighted by atomic mass is 32.1. The van der Waals surface area contributed by atoms with Crippen LogP contribution in [0.2, 0.25) is 0 Å². The molecular formula is C14H21N7S. The number of unbranched alkanes of at least 4 members (excludes halogenated alkanes) is 2. The van der Waals surface area contributed by atoms with Gasteiger partial charge in [-0.3, -0.25) is 5.10 Å². The van der Waals surface area contributed by atoms with Gasteiger partial charge in [-0.25, -0.2) is 4.40 Å². The summed E-state index contributed by atoms with van der Waals surface area (Å²) in [6, 6.07) is 2.03. The SMILES string of the molecule is CCCCN(CCCC)c1cc2n[nH]c(=S)n2c2ncnn12. The van der Waals surface area contributed by atoms with Crippen LogP contribution in [0.5, 0.6) is 0 Å². The first-order valence-corrected chi connectivity index (χ1v) is 8.22. The molecule has 118 valence electrons. The second kappa shape index (κ2) is 6.43. The lowest BCUT2D eigenvalue weighted by atomic mass is 10.2. The van der Waals surface area contributed by atoms with E-state index in [0.717, 1.165) is 37.4 Å². The molecule has 0 bridgehead atoms. The second-order valence-electron chi connectivity index (χ2n) is 5.39. The number of hydrogen-bond acceptors (Lipinski definition) is 5. The molecule has 3 aromatic heterocycles. The van der Waals surface area contributed by atoms with Crippen LogP contribution in [-0.4, -0.2) is 42.3 Å². The molecular weight excluding hydrogens is 298 g/mol. The molecule has 0 saturated heterocycles. The number of hydrogen-bond donors (Lipinski definition) is 1. The summed E-state index contributed by atoms with van der Waals surface area (Å²) in [6.07, 6.45) is 6.19. The van der Waals surface area contributed by atoms with Gasteiger partial charge in [0.15, 0.2) is 5.65 Å². The van der Waals surface area contributed by atoms with E-state index < -0.39 is 0 Å². The molecule has 0 aliphatic rings. The van der Waals surface area contributed by atoms with Crippen molar-refractivity contribution in [2.45, 2.75) is 39.5 Å². The Kier molecular flexibility index (Phi) is 4.37. The number of anilines is 1. The van der Waals surface area contributed by atoms with Gasteiger partial charge in [0, 0.05) is 19.2 Å². The van der Waals surface area contributed by atoms with Crippen LogP contribution in [0.15, 0.2) is 12.4 Å². The van der Waals surface area contributed by atoms with Crippen LogP contribution in [-0.2, 0) is 0 Å². The van der Waals surface area contributed by atoms with E-state index in [2.05, 4.69) is 39.0 Å². The molecule has 0 unspecified atom stereocenters. The van der Waals surface area contributed by atoms with Gasteiger partial charge in [0.1, 0.15) is 12.1 Å². The quantitative estimate of drug-likeness (QED) is 0.678. The van der Waals surface area contributed by atoms with Crippen molar-refractivity contribution in [1.82, 2.24) is 29.2 Å². The maximum atomic E-state index is 5.28. The predicted octanol–water partition coefficient (Wildman–Crippen LogP) is 2.84. The van der Waals surface area contributed by atoms with Gasteiger partial charge in [-0.15, -0.1) is 0 Å². The fourth-order valence-electron chi connectivity index (χ4n) is 2.59. The highest BCUT2D eigenvalue weighted by Crippen LogP contribution is 2.19. The van der Waals surface area contributed by atoms with Crippen LogP contribution < -0.4 is 4.90 Å². The Hall–Kier alpha value is -1.96. The molecule has 8 heteroatoms. The Morgan fingerprint density at radius 1 is 1.23 bits per heavy atom. The summed E-state index contributed by atoms with van der Waals surface area (Å²) in [4.78, 5) is 6.71. The third-order valence-corrected chi connectivity index (χ3v) is 4.06. The number of nitrogens with one attached hydrogen (secondary N) is 1. The second-order valence-corrected chi connectivity index (χ2v) is 5.78. The molecule has 0 aliphatic carbocycles. The fourth-order valence-corrected chi connectivity index (χ4v) is 2.81. The number of fused-ring (bicyclic) bond motifs is 3. The number of rotatable bonds is 7. The highest BCUT2D eigenvalue weighted by Gasteiger charge is 2.15. The smallest absolute Gasteiger partial charge is 0.242 e. The van der Waals surface area contributed by atoms with E-state index in [1.807, 2.05) is 15.0 Å². The van der Waals surface area contributed by atoms with Crippen molar-refractivity contribution < 1.29 is 0 Å². The van der Waals surface area contributed by atoms with Crippen molar-refractivity contribution in [2.75, 3.05) is 18.0 Å². The molecule has 0 atom stereocenters. The predicted molar refractivity (Wildman–Crippen MR) is 89.0 cm³/mol. The molecule has 0 amide bonds. The molecule has 3 rings (SSSR count). The van der Waals surface area contributed by atoms with Crippen LogP contribution in [0.3, 0.4) is 0 Å². The zero-order valence-electron chi connectivity index (χ0n) is 13.0. The lowest BCUT2D eigenvalue weighted by Gasteiger charge is -2.24. The van der Waals surface area contributed by atoms with Gasteiger partial charge in [0.25, 0.3) is 0 Å². The summed E-state index contributed by atoms with van der Waals surface area (Å²) in [5.41, 5.74) is 0.776. The minimum Gasteiger partial charge on any atom is -0.356 e. The van der Waals surface area contributed by atoms with Gasteiger partial charge in [0.05, 0.1) is 0 Å². The normalized spacial score (nSPS) is 11.5. The monoisotopic (exact) mass is 319 g/mol. The summed E-state index contributed by atoms with van der Waals surface area (Å²) >= 11 is 5.28. The van der Waals surface area contributed by atoms with Gasteiger partial charge in [-0.2, -0.15) is 19.7 Å². The van der Waals surface area contributed by atoms with Crippen LogP contribution in [0.25, 0.3) is 11.4 Å². The van der Waals surface area contributed by atoms with Crippen molar-refractivity contribution >= 4 is 29.5 Å². The largest absolute Gasteiger partial charge is 0.356 e. The first kappa shape index (κ1) is 15.0. The van der Waals surface area contributed by atoms with Crippen LogP contribution in [0, 0.1) is 4.77 Å². The van der Waals surface area contributed by atoms with E-state index in [0.29, 0.717) is 10.5 Å². The van der Waals surface area contributed by atoms with E-state index in [1.165, 1.54) is 12.8 Å². The first-order valence-electron chi connectivity index (χ1n) is 7.81. The molecule has 0 saturated carbocycles. The molecule has 0 aromatic carbocycles. The Morgan fingerprint density at radius 3 is 2.64 bits per heavy atom. The Bertz CT molecular complexity index is 807. The van der Waals surface area contributed by atoms with Crippen molar-refractivity contribution in [3.05, 3.63) is 17.2 Å². The summed E-state index contributed by atoms with van der Waals surface area (Å²) in [6.45, 7) is 6.43. The summed E-state index contributed by atoms with van der Waals surface area (Å²) in [7, 11) is 0. The highest BCUT2D eigenvalue weighted by molar-refractivity contribution is 7.71. The summed E-state index contributed by atoms with van der Waals surface area (Å²) < 4.78 is 4.20. The van der Waals surface area contributed by atoms with Gasteiger partial charge in [-0.1, -0.05) is 26.7 Å². The Balaban J connectivity index is 2.13. The van der Waals surface area contributed by atoms with Crippen molar-refractivity contribution in [2.24, 2.45) is 0 Å². The number of aromatic amines is 1. The third kappa shape index (κ3) is 2.58. The minimum atomic E-state index is 0.535. The van der Waals surface area contributed by atoms with Crippen LogP contribution in [0.1, 0.15) is 39.5 Å². The van der Waals surface area contributed by atoms with Gasteiger partial charge in [-0.05, 0) is 25.1 Å². The van der Waals surface area contributed by atoms with Crippen molar-refractivity contribution in [3.8, 4) is 0 Å².